The first-order valence-corrected chi connectivity index (χ1v) is 10.3. The van der Waals surface area contributed by atoms with Gasteiger partial charge >= 0.3 is 0 Å². The van der Waals surface area contributed by atoms with E-state index < -0.39 is 0 Å². The zero-order valence-electron chi connectivity index (χ0n) is 16.6. The first-order chi connectivity index (χ1) is 11.2. The van der Waals surface area contributed by atoms with Gasteiger partial charge in [0.25, 0.3) is 0 Å². The fourth-order valence-electron chi connectivity index (χ4n) is 2.60. The molecular formula is C22H42ClN. The fourth-order valence-corrected chi connectivity index (χ4v) is 2.79. The fraction of sp³-hybridized carbons (Fsp3) is 0.727. The van der Waals surface area contributed by atoms with Gasteiger partial charge in [-0.15, -0.1) is 11.6 Å². The van der Waals surface area contributed by atoms with Crippen LogP contribution in [0.25, 0.3) is 0 Å². The lowest BCUT2D eigenvalue weighted by Gasteiger charge is -2.01. The number of rotatable bonds is 12. The first-order valence-electron chi connectivity index (χ1n) is 9.80. The van der Waals surface area contributed by atoms with Gasteiger partial charge in [-0.1, -0.05) is 102 Å². The van der Waals surface area contributed by atoms with Gasteiger partial charge in [0.1, 0.15) is 0 Å². The summed E-state index contributed by atoms with van der Waals surface area (Å²) in [6.07, 6.45) is 16.9. The molecule has 3 N–H and O–H groups in total. The first kappa shape index (κ1) is 25.7. The molecule has 1 rings (SSSR count). The second kappa shape index (κ2) is 20.5. The summed E-state index contributed by atoms with van der Waals surface area (Å²) in [5, 5.41) is 0. The van der Waals surface area contributed by atoms with Gasteiger partial charge in [0.05, 0.1) is 0 Å². The minimum Gasteiger partial charge on any atom is -0.344 e. The second-order valence-corrected chi connectivity index (χ2v) is 7.04. The molecule has 0 aliphatic carbocycles. The third-order valence-electron chi connectivity index (χ3n) is 4.41. The molecule has 0 unspecified atom stereocenters. The Morgan fingerprint density at radius 3 is 1.25 bits per heavy atom. The average Bonchev–Trinajstić information content (AvgIpc) is 2.56. The average molecular weight is 356 g/mol. The van der Waals surface area contributed by atoms with E-state index in [0.717, 1.165) is 5.88 Å². The quantitative estimate of drug-likeness (QED) is 0.296. The van der Waals surface area contributed by atoms with E-state index in [9.17, 15) is 0 Å². The minimum atomic E-state index is 0. The molecule has 0 spiro atoms. The zero-order valence-corrected chi connectivity index (χ0v) is 17.3. The third kappa shape index (κ3) is 17.8. The summed E-state index contributed by atoms with van der Waals surface area (Å²) in [6, 6.07) is 8.36. The maximum atomic E-state index is 5.62. The highest BCUT2D eigenvalue weighted by Gasteiger charge is 1.92. The molecule has 0 aromatic heterocycles. The molecule has 0 saturated carbocycles. The van der Waals surface area contributed by atoms with Crippen LogP contribution in [-0.2, 0) is 0 Å². The van der Waals surface area contributed by atoms with E-state index in [1.165, 1.54) is 88.2 Å². The Kier molecular flexibility index (Phi) is 22.0. The van der Waals surface area contributed by atoms with Gasteiger partial charge in [-0.25, -0.2) is 0 Å². The van der Waals surface area contributed by atoms with Gasteiger partial charge < -0.3 is 6.15 Å². The van der Waals surface area contributed by atoms with Crippen molar-refractivity contribution in [1.29, 1.82) is 0 Å². The van der Waals surface area contributed by atoms with Crippen LogP contribution in [-0.4, -0.2) is 5.88 Å². The van der Waals surface area contributed by atoms with Crippen molar-refractivity contribution in [2.45, 2.75) is 97.8 Å². The third-order valence-corrected chi connectivity index (χ3v) is 4.68. The Morgan fingerprint density at radius 1 is 0.625 bits per heavy atom. The predicted octanol–water partition coefficient (Wildman–Crippen LogP) is 8.39. The topological polar surface area (TPSA) is 35.0 Å². The van der Waals surface area contributed by atoms with Crippen LogP contribution >= 0.6 is 11.6 Å². The molecule has 1 nitrogen and oxygen atoms in total. The molecule has 1 aromatic carbocycles. The number of benzene rings is 1. The van der Waals surface area contributed by atoms with Gasteiger partial charge in [-0.05, 0) is 31.4 Å². The van der Waals surface area contributed by atoms with E-state index in [-0.39, 0.29) is 6.15 Å². The Morgan fingerprint density at radius 2 is 0.958 bits per heavy atom. The summed E-state index contributed by atoms with van der Waals surface area (Å²) in [7, 11) is 0. The Labute approximate surface area is 157 Å². The Hall–Kier alpha value is -0.530. The van der Waals surface area contributed by atoms with Gasteiger partial charge in [-0.3, -0.25) is 0 Å². The standard InChI is InChI=1S/C14H29Cl.C8H10.H3N/c1-2-3-4-5-6-7-8-9-10-11-12-13-14-15;1-7-5-3-4-6-8(7)2;/h2-14H2,1H3;3-6H,1-2H3;1H3. The highest BCUT2D eigenvalue weighted by molar-refractivity contribution is 6.17. The molecule has 0 atom stereocenters. The number of alkyl halides is 1. The zero-order chi connectivity index (χ0) is 17.2. The molecule has 0 bridgehead atoms. The highest BCUT2D eigenvalue weighted by Crippen LogP contribution is 2.11. The molecular weight excluding hydrogens is 314 g/mol. The summed E-state index contributed by atoms with van der Waals surface area (Å²) >= 11 is 5.62. The SMILES string of the molecule is CCCCCCCCCCCCCCCl.Cc1ccccc1C.N. The lowest BCUT2D eigenvalue weighted by Crippen LogP contribution is -1.82. The van der Waals surface area contributed by atoms with Crippen LogP contribution in [0, 0.1) is 13.8 Å². The lowest BCUT2D eigenvalue weighted by atomic mass is 10.1. The molecule has 2 heteroatoms. The van der Waals surface area contributed by atoms with Crippen molar-refractivity contribution >= 4 is 11.6 Å². The number of hydrogen-bond acceptors (Lipinski definition) is 1. The van der Waals surface area contributed by atoms with Gasteiger partial charge in [0, 0.05) is 5.88 Å². The van der Waals surface area contributed by atoms with Gasteiger partial charge in [0.2, 0.25) is 0 Å². The molecule has 0 amide bonds. The summed E-state index contributed by atoms with van der Waals surface area (Å²) in [4.78, 5) is 0. The van der Waals surface area contributed by atoms with Crippen molar-refractivity contribution in [3.05, 3.63) is 35.4 Å². The van der Waals surface area contributed by atoms with Crippen LogP contribution in [0.1, 0.15) is 95.1 Å². The van der Waals surface area contributed by atoms with E-state index in [1.54, 1.807) is 0 Å². The van der Waals surface area contributed by atoms with E-state index in [1.807, 2.05) is 0 Å². The second-order valence-electron chi connectivity index (χ2n) is 6.66. The molecule has 0 aliphatic rings. The lowest BCUT2D eigenvalue weighted by molar-refractivity contribution is 0.548. The molecule has 0 aliphatic heterocycles. The number of hydrogen-bond donors (Lipinski definition) is 1. The van der Waals surface area contributed by atoms with Crippen molar-refractivity contribution < 1.29 is 0 Å². The van der Waals surface area contributed by atoms with Crippen LogP contribution in [0.2, 0.25) is 0 Å². The van der Waals surface area contributed by atoms with Crippen molar-refractivity contribution in [2.75, 3.05) is 5.88 Å². The maximum absolute atomic E-state index is 5.62. The van der Waals surface area contributed by atoms with Crippen molar-refractivity contribution in [3.8, 4) is 0 Å². The van der Waals surface area contributed by atoms with Crippen LogP contribution < -0.4 is 6.15 Å². The van der Waals surface area contributed by atoms with Crippen molar-refractivity contribution in [2.24, 2.45) is 0 Å². The van der Waals surface area contributed by atoms with E-state index in [2.05, 4.69) is 45.0 Å². The maximum Gasteiger partial charge on any atom is 0.0223 e. The van der Waals surface area contributed by atoms with Crippen LogP contribution in [0.3, 0.4) is 0 Å². The van der Waals surface area contributed by atoms with Crippen molar-refractivity contribution in [1.82, 2.24) is 6.15 Å². The Balaban J connectivity index is 0. The normalized spacial score (nSPS) is 9.83. The molecule has 0 fully saturated rings. The number of halogens is 1. The highest BCUT2D eigenvalue weighted by atomic mass is 35.5. The van der Waals surface area contributed by atoms with E-state index in [4.69, 9.17) is 11.6 Å². The predicted molar refractivity (Wildman–Crippen MR) is 113 cm³/mol. The summed E-state index contributed by atoms with van der Waals surface area (Å²) < 4.78 is 0. The summed E-state index contributed by atoms with van der Waals surface area (Å²) in [5.41, 5.74) is 2.74. The molecule has 0 saturated heterocycles. The van der Waals surface area contributed by atoms with Crippen LogP contribution in [0.4, 0.5) is 0 Å². The van der Waals surface area contributed by atoms with Gasteiger partial charge in [0.15, 0.2) is 0 Å². The largest absolute Gasteiger partial charge is 0.344 e. The van der Waals surface area contributed by atoms with E-state index >= 15 is 0 Å². The summed E-state index contributed by atoms with van der Waals surface area (Å²) in [5.74, 6) is 0.845. The molecule has 0 heterocycles. The van der Waals surface area contributed by atoms with Gasteiger partial charge in [-0.2, -0.15) is 0 Å². The molecule has 24 heavy (non-hydrogen) atoms. The monoisotopic (exact) mass is 355 g/mol. The van der Waals surface area contributed by atoms with E-state index in [0.29, 0.717) is 0 Å². The molecule has 142 valence electrons. The molecule has 1 aromatic rings. The van der Waals surface area contributed by atoms with Crippen molar-refractivity contribution in [3.63, 3.8) is 0 Å². The van der Waals surface area contributed by atoms with Crippen LogP contribution in [0.15, 0.2) is 24.3 Å². The Bertz CT molecular complexity index is 319. The summed E-state index contributed by atoms with van der Waals surface area (Å²) in [6.45, 7) is 6.52. The number of aryl methyl sites for hydroxylation is 2. The minimum absolute atomic E-state index is 0. The smallest absolute Gasteiger partial charge is 0.0223 e. The number of unbranched alkanes of at least 4 members (excludes halogenated alkanes) is 11. The molecule has 0 radical (unpaired) electrons. The van der Waals surface area contributed by atoms with Crippen LogP contribution in [0.5, 0.6) is 0 Å².